The quantitative estimate of drug-likeness (QED) is 0.361. The second-order valence-electron chi connectivity index (χ2n) is 9.61. The molecule has 0 bridgehead atoms. The van der Waals surface area contributed by atoms with Crippen LogP contribution >= 0.6 is 23.1 Å². The van der Waals surface area contributed by atoms with Crippen LogP contribution in [-0.2, 0) is 13.0 Å². The van der Waals surface area contributed by atoms with Gasteiger partial charge in [-0.3, -0.25) is 4.90 Å². The van der Waals surface area contributed by atoms with Gasteiger partial charge >= 0.3 is 0 Å². The zero-order chi connectivity index (χ0) is 24.9. The minimum absolute atomic E-state index is 0.0828. The number of rotatable bonds is 9. The van der Waals surface area contributed by atoms with Crippen molar-refractivity contribution in [1.82, 2.24) is 14.9 Å². The van der Waals surface area contributed by atoms with Crippen LogP contribution in [0.15, 0.2) is 29.8 Å². The van der Waals surface area contributed by atoms with Gasteiger partial charge in [-0.05, 0) is 46.7 Å². The third kappa shape index (κ3) is 6.48. The van der Waals surface area contributed by atoms with Gasteiger partial charge < -0.3 is 14.9 Å². The van der Waals surface area contributed by atoms with E-state index in [9.17, 15) is 10.2 Å². The highest BCUT2D eigenvalue weighted by molar-refractivity contribution is 7.99. The summed E-state index contributed by atoms with van der Waals surface area (Å²) in [6.07, 6.45) is 2.41. The zero-order valence-electron chi connectivity index (χ0n) is 21.0. The molecule has 1 aliphatic heterocycles. The molecule has 6 nitrogen and oxygen atoms in total. The molecule has 0 saturated carbocycles. The second kappa shape index (κ2) is 11.6. The highest BCUT2D eigenvalue weighted by Crippen LogP contribution is 2.38. The van der Waals surface area contributed by atoms with E-state index in [0.29, 0.717) is 18.8 Å². The lowest BCUT2D eigenvalue weighted by molar-refractivity contribution is 0.282. The van der Waals surface area contributed by atoms with Crippen molar-refractivity contribution in [3.05, 3.63) is 52.2 Å². The van der Waals surface area contributed by atoms with Gasteiger partial charge in [0.05, 0.1) is 12.3 Å². The molecule has 35 heavy (non-hydrogen) atoms. The molecule has 0 radical (unpaired) electrons. The summed E-state index contributed by atoms with van der Waals surface area (Å²) >= 11 is 3.58. The predicted molar refractivity (Wildman–Crippen MR) is 145 cm³/mol. The molecule has 1 aromatic carbocycles. The molecule has 2 aromatic heterocycles. The third-order valence-electron chi connectivity index (χ3n) is 6.21. The van der Waals surface area contributed by atoms with Crippen molar-refractivity contribution >= 4 is 23.1 Å². The van der Waals surface area contributed by atoms with Crippen molar-refractivity contribution in [1.29, 1.82) is 0 Å². The van der Waals surface area contributed by atoms with Crippen LogP contribution in [0.25, 0.3) is 10.6 Å². The smallest absolute Gasteiger partial charge is 0.256 e. The van der Waals surface area contributed by atoms with E-state index < -0.39 is 0 Å². The average molecular weight is 514 g/mol. The molecule has 0 amide bonds. The first-order valence-corrected chi connectivity index (χ1v) is 14.3. The van der Waals surface area contributed by atoms with E-state index in [1.54, 1.807) is 23.6 Å². The normalized spacial score (nSPS) is 14.7. The van der Waals surface area contributed by atoms with E-state index in [1.165, 1.54) is 0 Å². The second-order valence-corrected chi connectivity index (χ2v) is 11.7. The van der Waals surface area contributed by atoms with Gasteiger partial charge in [0.15, 0.2) is 5.75 Å². The van der Waals surface area contributed by atoms with E-state index in [-0.39, 0.29) is 23.5 Å². The van der Waals surface area contributed by atoms with Gasteiger partial charge in [0.1, 0.15) is 10.8 Å². The number of pyridine rings is 1. The maximum atomic E-state index is 10.7. The lowest BCUT2D eigenvalue weighted by atomic mass is 9.91. The number of thiazole rings is 1. The molecule has 0 spiro atoms. The molecule has 1 aliphatic rings. The van der Waals surface area contributed by atoms with Gasteiger partial charge in [-0.1, -0.05) is 27.7 Å². The van der Waals surface area contributed by atoms with E-state index in [1.807, 2.05) is 17.1 Å². The van der Waals surface area contributed by atoms with Gasteiger partial charge in [0.25, 0.3) is 5.88 Å². The van der Waals surface area contributed by atoms with Crippen LogP contribution in [0.1, 0.15) is 61.9 Å². The number of aromatic hydroxyl groups is 2. The minimum Gasteiger partial charge on any atom is -0.507 e. The number of hydrogen-bond acceptors (Lipinski definition) is 8. The first kappa shape index (κ1) is 25.8. The van der Waals surface area contributed by atoms with E-state index in [4.69, 9.17) is 9.72 Å². The zero-order valence-corrected chi connectivity index (χ0v) is 22.6. The van der Waals surface area contributed by atoms with Crippen molar-refractivity contribution in [3.63, 3.8) is 0 Å². The summed E-state index contributed by atoms with van der Waals surface area (Å²) in [5.74, 6) is 3.51. The Morgan fingerprint density at radius 1 is 1.03 bits per heavy atom. The molecular formula is C27H35N3O3S2. The number of nitrogens with zero attached hydrogens (tertiary/aromatic N) is 3. The highest BCUT2D eigenvalue weighted by Gasteiger charge is 2.18. The molecule has 0 aliphatic carbocycles. The van der Waals surface area contributed by atoms with Crippen LogP contribution in [0.3, 0.4) is 0 Å². The molecule has 0 atom stereocenters. The Morgan fingerprint density at radius 2 is 1.71 bits per heavy atom. The van der Waals surface area contributed by atoms with Crippen molar-refractivity contribution < 1.29 is 14.9 Å². The average Bonchev–Trinajstić information content (AvgIpc) is 3.30. The maximum absolute atomic E-state index is 10.7. The molecule has 188 valence electrons. The highest BCUT2D eigenvalue weighted by atomic mass is 32.2. The standard InChI is InChI=1S/C27H35N3O3S2/c1-17(2)22-12-20(13-23(18(3)4)25(22)32)27-29-21(16-35-27)5-8-33-26-24(31)11-19(14-28-26)15-30-6-9-34-10-7-30/h11-14,16-18,31-32H,5-10,15H2,1-4H3. The van der Waals surface area contributed by atoms with E-state index in [0.717, 1.165) is 64.1 Å². The van der Waals surface area contributed by atoms with Crippen LogP contribution in [0.4, 0.5) is 0 Å². The molecule has 8 heteroatoms. The Kier molecular flexibility index (Phi) is 8.57. The molecule has 2 N–H and O–H groups in total. The van der Waals surface area contributed by atoms with Gasteiger partial charge in [0, 0.05) is 54.7 Å². The maximum Gasteiger partial charge on any atom is 0.256 e. The molecule has 1 fully saturated rings. The van der Waals surface area contributed by atoms with Gasteiger partial charge in [-0.2, -0.15) is 11.8 Å². The van der Waals surface area contributed by atoms with Crippen molar-refractivity contribution in [2.24, 2.45) is 0 Å². The summed E-state index contributed by atoms with van der Waals surface area (Å²) in [6, 6.07) is 5.86. The van der Waals surface area contributed by atoms with E-state index >= 15 is 0 Å². The van der Waals surface area contributed by atoms with Gasteiger partial charge in [0.2, 0.25) is 0 Å². The number of thioether (sulfide) groups is 1. The Balaban J connectivity index is 1.38. The van der Waals surface area contributed by atoms with Crippen molar-refractivity contribution in [2.75, 3.05) is 31.2 Å². The Bertz CT molecular complexity index is 1110. The summed E-state index contributed by atoms with van der Waals surface area (Å²) in [7, 11) is 0. The lowest BCUT2D eigenvalue weighted by Gasteiger charge is -2.26. The molecule has 3 heterocycles. The number of benzene rings is 1. The molecule has 3 aromatic rings. The first-order valence-electron chi connectivity index (χ1n) is 12.2. The van der Waals surface area contributed by atoms with Crippen LogP contribution in [0.2, 0.25) is 0 Å². The number of ether oxygens (including phenoxy) is 1. The third-order valence-corrected chi connectivity index (χ3v) is 8.09. The molecule has 4 rings (SSSR count). The summed E-state index contributed by atoms with van der Waals surface area (Å²) in [4.78, 5) is 11.5. The number of phenolic OH excluding ortho intramolecular Hbond substituents is 1. The van der Waals surface area contributed by atoms with Crippen LogP contribution in [0.5, 0.6) is 17.4 Å². The number of aromatic nitrogens is 2. The monoisotopic (exact) mass is 513 g/mol. The summed E-state index contributed by atoms with van der Waals surface area (Å²) in [5.41, 5.74) is 4.89. The summed E-state index contributed by atoms with van der Waals surface area (Å²) in [5, 5.41) is 24.1. The fourth-order valence-electron chi connectivity index (χ4n) is 4.19. The molecular weight excluding hydrogens is 478 g/mol. The topological polar surface area (TPSA) is 78.7 Å². The first-order chi connectivity index (χ1) is 16.8. The van der Waals surface area contributed by atoms with Crippen LogP contribution < -0.4 is 4.74 Å². The Hall–Kier alpha value is -2.29. The SMILES string of the molecule is CC(C)c1cc(-c2nc(CCOc3ncc(CN4CCSCC4)cc3O)cs2)cc(C(C)C)c1O. The van der Waals surface area contributed by atoms with Crippen molar-refractivity contribution in [2.45, 2.75) is 52.5 Å². The number of phenols is 1. The molecule has 0 unspecified atom stereocenters. The fourth-order valence-corrected chi connectivity index (χ4v) is 6.01. The van der Waals surface area contributed by atoms with E-state index in [2.05, 4.69) is 49.7 Å². The lowest BCUT2D eigenvalue weighted by Crippen LogP contribution is -2.31. The van der Waals surface area contributed by atoms with Gasteiger partial charge in [-0.15, -0.1) is 11.3 Å². The Morgan fingerprint density at radius 3 is 2.34 bits per heavy atom. The largest absolute Gasteiger partial charge is 0.507 e. The van der Waals surface area contributed by atoms with Crippen molar-refractivity contribution in [3.8, 4) is 28.0 Å². The minimum atomic E-state index is 0.0828. The van der Waals surface area contributed by atoms with Crippen LogP contribution in [-0.4, -0.2) is 56.3 Å². The molecule has 1 saturated heterocycles. The summed E-state index contributed by atoms with van der Waals surface area (Å²) < 4.78 is 5.77. The van der Waals surface area contributed by atoms with Crippen LogP contribution in [0, 0.1) is 0 Å². The van der Waals surface area contributed by atoms with Gasteiger partial charge in [-0.25, -0.2) is 9.97 Å². The summed E-state index contributed by atoms with van der Waals surface area (Å²) in [6.45, 7) is 11.7. The predicted octanol–water partition coefficient (Wildman–Crippen LogP) is 6.03. The Labute approximate surface area is 216 Å². The number of hydrogen-bond donors (Lipinski definition) is 2. The fraction of sp³-hybridized carbons (Fsp3) is 0.481.